The Morgan fingerprint density at radius 1 is 0.492 bits per heavy atom. The maximum Gasteiger partial charge on any atom is 0.391 e. The summed E-state index contributed by atoms with van der Waals surface area (Å²) in [6, 6.07) is 5.99. The fourth-order valence-electron chi connectivity index (χ4n) is 12.0. The first-order valence-electron chi connectivity index (χ1n) is 23.7. The molecule has 0 heterocycles. The van der Waals surface area contributed by atoms with Gasteiger partial charge in [-0.2, -0.15) is 22.0 Å². The molecule has 9 heteroatoms. The van der Waals surface area contributed by atoms with Crippen molar-refractivity contribution < 1.29 is 40.2 Å². The van der Waals surface area contributed by atoms with Gasteiger partial charge in [0, 0.05) is 0 Å². The fourth-order valence-corrected chi connectivity index (χ4v) is 12.0. The van der Waals surface area contributed by atoms with Crippen LogP contribution in [0.25, 0.3) is 0 Å². The number of hydrogen-bond donors (Lipinski definition) is 0. The van der Waals surface area contributed by atoms with Crippen LogP contribution < -0.4 is 9.47 Å². The highest BCUT2D eigenvalue weighted by molar-refractivity contribution is 5.34. The van der Waals surface area contributed by atoms with Gasteiger partial charge in [-0.1, -0.05) is 77.3 Å². The average Bonchev–Trinajstić information content (AvgIpc) is 3.24. The third-order valence-corrected chi connectivity index (χ3v) is 15.5. The van der Waals surface area contributed by atoms with Crippen LogP contribution in [0.5, 0.6) is 11.5 Å². The van der Waals surface area contributed by atoms with Crippen LogP contribution >= 0.6 is 0 Å². The Labute approximate surface area is 350 Å². The number of benzene rings is 2. The van der Waals surface area contributed by atoms with Crippen molar-refractivity contribution in [1.82, 2.24) is 0 Å². The smallest absolute Gasteiger partial charge is 0.391 e. The third-order valence-electron chi connectivity index (χ3n) is 15.5. The number of alkyl halides is 3. The molecule has 0 amide bonds. The van der Waals surface area contributed by atoms with E-state index in [-0.39, 0.29) is 62.2 Å². The molecule has 59 heavy (non-hydrogen) atoms. The van der Waals surface area contributed by atoms with Crippen molar-refractivity contribution in [3.63, 3.8) is 0 Å². The van der Waals surface area contributed by atoms with Gasteiger partial charge < -0.3 is 9.47 Å². The van der Waals surface area contributed by atoms with E-state index in [0.29, 0.717) is 23.0 Å². The molecule has 0 aromatic heterocycles. The van der Waals surface area contributed by atoms with E-state index in [0.717, 1.165) is 75.0 Å². The summed E-state index contributed by atoms with van der Waals surface area (Å²) in [4.78, 5) is 0. The lowest BCUT2D eigenvalue weighted by Crippen LogP contribution is -2.25. The molecule has 2 aromatic rings. The molecule has 0 atom stereocenters. The number of hydrogen-bond acceptors (Lipinski definition) is 2. The monoisotopic (exact) mass is 837 g/mol. The SMILES string of the molecule is CCCC1CCC(C2CCC(c3ccc(OCCCC(CCCOc4ccc(C5CCC(C6CCC(CCC)CC6)CC5)c(F)c4F)C(F)(F)F)c(F)c3F)CC2)CC1. The molecule has 6 rings (SSSR count). The highest BCUT2D eigenvalue weighted by Gasteiger charge is 2.39. The van der Waals surface area contributed by atoms with E-state index >= 15 is 17.6 Å². The summed E-state index contributed by atoms with van der Waals surface area (Å²) in [6.45, 7) is 4.12. The van der Waals surface area contributed by atoms with Gasteiger partial charge in [0.05, 0.1) is 19.1 Å². The van der Waals surface area contributed by atoms with Crippen LogP contribution in [0, 0.1) is 64.7 Å². The van der Waals surface area contributed by atoms with Crippen LogP contribution in [0.15, 0.2) is 24.3 Å². The summed E-state index contributed by atoms with van der Waals surface area (Å²) >= 11 is 0. The molecule has 4 aliphatic rings. The average molecular weight is 837 g/mol. The van der Waals surface area contributed by atoms with Gasteiger partial charge in [-0.25, -0.2) is 8.78 Å². The Morgan fingerprint density at radius 2 is 0.831 bits per heavy atom. The molecule has 0 unspecified atom stereocenters. The Bertz CT molecular complexity index is 1450. The zero-order valence-corrected chi connectivity index (χ0v) is 35.9. The first-order valence-corrected chi connectivity index (χ1v) is 23.7. The van der Waals surface area contributed by atoms with Crippen LogP contribution in [0.4, 0.5) is 30.7 Å². The minimum Gasteiger partial charge on any atom is -0.490 e. The first kappa shape index (κ1) is 46.1. The molecule has 2 aromatic carbocycles. The number of ether oxygens (including phenoxy) is 2. The Hall–Kier alpha value is -2.45. The summed E-state index contributed by atoms with van der Waals surface area (Å²) in [5.74, 6) is -1.79. The van der Waals surface area contributed by atoms with Crippen molar-refractivity contribution in [3.05, 3.63) is 58.7 Å². The molecule has 332 valence electrons. The van der Waals surface area contributed by atoms with Gasteiger partial charge in [-0.05, 0) is 173 Å². The molecule has 0 aliphatic heterocycles. The van der Waals surface area contributed by atoms with Gasteiger partial charge in [-0.3, -0.25) is 0 Å². The van der Waals surface area contributed by atoms with E-state index in [4.69, 9.17) is 9.47 Å². The summed E-state index contributed by atoms with van der Waals surface area (Å²) in [7, 11) is 0. The molecule has 2 nitrogen and oxygen atoms in total. The van der Waals surface area contributed by atoms with Gasteiger partial charge in [0.1, 0.15) is 0 Å². The Kier molecular flexibility index (Phi) is 17.2. The number of halogens is 7. The summed E-state index contributed by atoms with van der Waals surface area (Å²) in [5.41, 5.74) is 0.732. The maximum absolute atomic E-state index is 15.3. The molecule has 4 fully saturated rings. The van der Waals surface area contributed by atoms with E-state index in [9.17, 15) is 13.2 Å². The van der Waals surface area contributed by atoms with E-state index in [2.05, 4.69) is 13.8 Å². The predicted molar refractivity (Wildman–Crippen MR) is 222 cm³/mol. The van der Waals surface area contributed by atoms with Crippen molar-refractivity contribution in [2.45, 2.75) is 186 Å². The Balaban J connectivity index is 0.897. The number of rotatable bonds is 18. The molecule has 0 bridgehead atoms. The topological polar surface area (TPSA) is 18.5 Å². The normalized spacial score (nSPS) is 28.6. The first-order chi connectivity index (χ1) is 28.5. The quantitative estimate of drug-likeness (QED) is 0.110. The summed E-state index contributed by atoms with van der Waals surface area (Å²) in [5, 5.41) is 0. The fraction of sp³-hybridized carbons (Fsp3) is 0.760. The molecule has 4 aliphatic carbocycles. The lowest BCUT2D eigenvalue weighted by molar-refractivity contribution is -0.179. The van der Waals surface area contributed by atoms with E-state index in [1.807, 2.05) is 0 Å². The van der Waals surface area contributed by atoms with E-state index < -0.39 is 35.4 Å². The van der Waals surface area contributed by atoms with Crippen molar-refractivity contribution in [2.24, 2.45) is 41.4 Å². The molecular formula is C50H71F7O2. The van der Waals surface area contributed by atoms with Crippen LogP contribution in [0.3, 0.4) is 0 Å². The van der Waals surface area contributed by atoms with Crippen molar-refractivity contribution in [2.75, 3.05) is 13.2 Å². The summed E-state index contributed by atoms with van der Waals surface area (Å²) in [6.07, 6.45) is 17.9. The minimum absolute atomic E-state index is 0.0124. The summed E-state index contributed by atoms with van der Waals surface area (Å²) < 4.78 is 114. The van der Waals surface area contributed by atoms with Gasteiger partial charge in [0.15, 0.2) is 23.1 Å². The second kappa shape index (κ2) is 22.1. The lowest BCUT2D eigenvalue weighted by atomic mass is 9.68. The van der Waals surface area contributed by atoms with Crippen LogP contribution in [-0.2, 0) is 0 Å². The minimum atomic E-state index is -4.49. The largest absolute Gasteiger partial charge is 0.490 e. The van der Waals surface area contributed by atoms with Crippen LogP contribution in [0.1, 0.15) is 191 Å². The second-order valence-corrected chi connectivity index (χ2v) is 19.1. The zero-order chi connectivity index (χ0) is 41.9. The Morgan fingerprint density at radius 3 is 1.15 bits per heavy atom. The van der Waals surface area contributed by atoms with E-state index in [1.54, 1.807) is 12.1 Å². The molecule has 0 radical (unpaired) electrons. The molecular weight excluding hydrogens is 766 g/mol. The third kappa shape index (κ3) is 12.4. The maximum atomic E-state index is 15.3. The van der Waals surface area contributed by atoms with Gasteiger partial charge in [0.25, 0.3) is 0 Å². The van der Waals surface area contributed by atoms with E-state index in [1.165, 1.54) is 89.2 Å². The standard InChI is InChI=1S/C50H71F7O2/c1-3-7-33-11-15-35(16-12-33)37-19-23-39(24-20-37)42-27-29-44(48(53)46(42)51)58-31-5-9-41(50(55,56)57)10-6-32-59-45-30-28-43(47(52)49(45)54)40-25-21-38(22-26-40)36-17-13-34(8-4-2)14-18-36/h27-30,33-41H,3-26,31-32H2,1-2H3. The highest BCUT2D eigenvalue weighted by atomic mass is 19.4. The molecule has 4 saturated carbocycles. The van der Waals surface area contributed by atoms with Gasteiger partial charge in [0.2, 0.25) is 11.6 Å². The highest BCUT2D eigenvalue weighted by Crippen LogP contribution is 2.47. The molecule has 0 N–H and O–H groups in total. The van der Waals surface area contributed by atoms with Crippen molar-refractivity contribution >= 4 is 0 Å². The van der Waals surface area contributed by atoms with Crippen LogP contribution in [0.2, 0.25) is 0 Å². The zero-order valence-electron chi connectivity index (χ0n) is 35.9. The van der Waals surface area contributed by atoms with Gasteiger partial charge in [-0.15, -0.1) is 0 Å². The molecule has 0 spiro atoms. The van der Waals surface area contributed by atoms with Gasteiger partial charge >= 0.3 is 6.18 Å². The van der Waals surface area contributed by atoms with Crippen LogP contribution in [-0.4, -0.2) is 19.4 Å². The lowest BCUT2D eigenvalue weighted by Gasteiger charge is -2.38. The second-order valence-electron chi connectivity index (χ2n) is 19.1. The van der Waals surface area contributed by atoms with Crippen molar-refractivity contribution in [3.8, 4) is 11.5 Å². The molecule has 0 saturated heterocycles. The predicted octanol–water partition coefficient (Wildman–Crippen LogP) is 16.2. The van der Waals surface area contributed by atoms with Crippen molar-refractivity contribution in [1.29, 1.82) is 0 Å².